The summed E-state index contributed by atoms with van der Waals surface area (Å²) in [5.74, 6) is 0.416. The van der Waals surface area contributed by atoms with E-state index >= 15 is 0 Å². The predicted molar refractivity (Wildman–Crippen MR) is 78.2 cm³/mol. The van der Waals surface area contributed by atoms with Crippen LogP contribution < -0.4 is 5.32 Å². The molecule has 0 spiro atoms. The zero-order valence-corrected chi connectivity index (χ0v) is 11.8. The van der Waals surface area contributed by atoms with Crippen molar-refractivity contribution in [2.24, 2.45) is 5.92 Å². The Balaban J connectivity index is 1.69. The monoisotopic (exact) mass is 270 g/mol. The van der Waals surface area contributed by atoms with Gasteiger partial charge in [0.15, 0.2) is 0 Å². The summed E-state index contributed by atoms with van der Waals surface area (Å²) in [6, 6.07) is 8.67. The van der Waals surface area contributed by atoms with E-state index in [0.29, 0.717) is 12.0 Å². The average molecular weight is 270 g/mol. The fourth-order valence-corrected chi connectivity index (χ4v) is 3.64. The van der Waals surface area contributed by atoms with E-state index in [2.05, 4.69) is 17.5 Å². The van der Waals surface area contributed by atoms with Gasteiger partial charge in [-0.2, -0.15) is 5.26 Å². The average Bonchev–Trinajstić information content (AvgIpc) is 2.89. The van der Waals surface area contributed by atoms with Gasteiger partial charge in [-0.15, -0.1) is 0 Å². The molecule has 0 radical (unpaired) electrons. The van der Waals surface area contributed by atoms with Gasteiger partial charge in [0, 0.05) is 12.6 Å². The lowest BCUT2D eigenvalue weighted by molar-refractivity contribution is 0.129. The van der Waals surface area contributed by atoms with Crippen LogP contribution in [0, 0.1) is 17.2 Å². The smallest absolute Gasteiger partial charge is 0.0991 e. The lowest BCUT2D eigenvalue weighted by Crippen LogP contribution is -2.32. The minimum absolute atomic E-state index is 0.119. The fourth-order valence-electron chi connectivity index (χ4n) is 3.64. The Bertz CT molecular complexity index is 520. The quantitative estimate of drug-likeness (QED) is 0.888. The van der Waals surface area contributed by atoms with Crippen LogP contribution in [0.1, 0.15) is 54.8 Å². The summed E-state index contributed by atoms with van der Waals surface area (Å²) in [7, 11) is 0. The van der Waals surface area contributed by atoms with Crippen molar-refractivity contribution in [3.8, 4) is 6.07 Å². The molecule has 2 N–H and O–H groups in total. The number of aliphatic hydroxyl groups excluding tert-OH is 1. The van der Waals surface area contributed by atoms with Gasteiger partial charge in [0.25, 0.3) is 0 Å². The standard InChI is InChI=1S/C17H22N2O/c18-10-12-7-8-15-13(9-12)3-1-5-16(15)19-11-14-4-2-6-17(14)20/h7-9,14,16-17,19-20H,1-6,11H2/t14-,16?,17+/m1/s1. The maximum absolute atomic E-state index is 9.91. The molecule has 0 heterocycles. The SMILES string of the molecule is N#Cc1ccc2c(c1)CCCC2NC[C@H]1CCC[C@@H]1O. The summed E-state index contributed by atoms with van der Waals surface area (Å²) < 4.78 is 0. The molecule has 3 nitrogen and oxygen atoms in total. The number of fused-ring (bicyclic) bond motifs is 1. The highest BCUT2D eigenvalue weighted by Gasteiger charge is 2.27. The number of benzene rings is 1. The van der Waals surface area contributed by atoms with Crippen molar-refractivity contribution in [1.82, 2.24) is 5.32 Å². The third-order valence-corrected chi connectivity index (χ3v) is 4.83. The van der Waals surface area contributed by atoms with Gasteiger partial charge in [0.05, 0.1) is 17.7 Å². The second-order valence-corrected chi connectivity index (χ2v) is 6.14. The van der Waals surface area contributed by atoms with Crippen molar-refractivity contribution < 1.29 is 5.11 Å². The summed E-state index contributed by atoms with van der Waals surface area (Å²) in [6.45, 7) is 0.908. The molecule has 0 aliphatic heterocycles. The number of nitriles is 1. The predicted octanol–water partition coefficient (Wildman–Crippen LogP) is 2.69. The molecule has 2 aliphatic carbocycles. The molecule has 3 atom stereocenters. The van der Waals surface area contributed by atoms with Gasteiger partial charge in [-0.1, -0.05) is 12.5 Å². The van der Waals surface area contributed by atoms with E-state index in [-0.39, 0.29) is 6.10 Å². The number of aliphatic hydroxyl groups is 1. The number of nitrogens with zero attached hydrogens (tertiary/aromatic N) is 1. The van der Waals surface area contributed by atoms with Crippen molar-refractivity contribution in [2.75, 3.05) is 6.54 Å². The summed E-state index contributed by atoms with van der Waals surface area (Å²) in [5, 5.41) is 22.5. The summed E-state index contributed by atoms with van der Waals surface area (Å²) >= 11 is 0. The molecule has 1 aromatic rings. The molecule has 3 rings (SSSR count). The number of nitrogens with one attached hydrogen (secondary N) is 1. The fraction of sp³-hybridized carbons (Fsp3) is 0.588. The van der Waals surface area contributed by atoms with Crippen molar-refractivity contribution >= 4 is 0 Å². The topological polar surface area (TPSA) is 56.0 Å². The first-order valence-electron chi connectivity index (χ1n) is 7.72. The van der Waals surface area contributed by atoms with E-state index < -0.39 is 0 Å². The van der Waals surface area contributed by atoms with Crippen LogP contribution in [0.2, 0.25) is 0 Å². The van der Waals surface area contributed by atoms with E-state index in [1.165, 1.54) is 17.5 Å². The molecular weight excluding hydrogens is 248 g/mol. The van der Waals surface area contributed by atoms with Gasteiger partial charge in [0.1, 0.15) is 0 Å². The summed E-state index contributed by atoms with van der Waals surface area (Å²) in [6.07, 6.45) is 6.54. The third kappa shape index (κ3) is 2.72. The highest BCUT2D eigenvalue weighted by Crippen LogP contribution is 2.31. The molecule has 2 aliphatic rings. The molecule has 106 valence electrons. The number of hydrogen-bond donors (Lipinski definition) is 2. The first-order valence-corrected chi connectivity index (χ1v) is 7.72. The molecule has 0 saturated heterocycles. The molecule has 3 heteroatoms. The van der Waals surface area contributed by atoms with E-state index in [9.17, 15) is 5.11 Å². The van der Waals surface area contributed by atoms with Crippen molar-refractivity contribution in [1.29, 1.82) is 5.26 Å². The zero-order chi connectivity index (χ0) is 13.9. The van der Waals surface area contributed by atoms with E-state index in [1.54, 1.807) is 0 Å². The van der Waals surface area contributed by atoms with Crippen LogP contribution in [0.25, 0.3) is 0 Å². The van der Waals surface area contributed by atoms with Gasteiger partial charge in [-0.3, -0.25) is 0 Å². The lowest BCUT2D eigenvalue weighted by atomic mass is 9.86. The van der Waals surface area contributed by atoms with Gasteiger partial charge in [-0.25, -0.2) is 0 Å². The first-order chi connectivity index (χ1) is 9.78. The Morgan fingerprint density at radius 2 is 2.15 bits per heavy atom. The van der Waals surface area contributed by atoms with Crippen LogP contribution in [0.3, 0.4) is 0 Å². The summed E-state index contributed by atoms with van der Waals surface area (Å²) in [4.78, 5) is 0. The Morgan fingerprint density at radius 3 is 2.90 bits per heavy atom. The zero-order valence-electron chi connectivity index (χ0n) is 11.8. The van der Waals surface area contributed by atoms with Crippen LogP contribution in [0.15, 0.2) is 18.2 Å². The molecular formula is C17H22N2O. The largest absolute Gasteiger partial charge is 0.393 e. The molecule has 1 saturated carbocycles. The Labute approximate surface area is 120 Å². The van der Waals surface area contributed by atoms with Gasteiger partial charge in [-0.05, 0) is 61.3 Å². The van der Waals surface area contributed by atoms with Gasteiger partial charge in [0.2, 0.25) is 0 Å². The van der Waals surface area contributed by atoms with Gasteiger partial charge < -0.3 is 10.4 Å². The highest BCUT2D eigenvalue weighted by molar-refractivity contribution is 5.40. The minimum atomic E-state index is -0.119. The van der Waals surface area contributed by atoms with Crippen LogP contribution in [0.5, 0.6) is 0 Å². The van der Waals surface area contributed by atoms with Crippen molar-refractivity contribution in [2.45, 2.75) is 50.7 Å². The molecule has 0 amide bonds. The van der Waals surface area contributed by atoms with E-state index in [4.69, 9.17) is 5.26 Å². The van der Waals surface area contributed by atoms with Crippen LogP contribution >= 0.6 is 0 Å². The van der Waals surface area contributed by atoms with Crippen LogP contribution in [-0.2, 0) is 6.42 Å². The lowest BCUT2D eigenvalue weighted by Gasteiger charge is -2.28. The molecule has 20 heavy (non-hydrogen) atoms. The van der Waals surface area contributed by atoms with Crippen molar-refractivity contribution in [3.05, 3.63) is 34.9 Å². The Morgan fingerprint density at radius 1 is 1.25 bits per heavy atom. The van der Waals surface area contributed by atoms with E-state index in [0.717, 1.165) is 44.2 Å². The number of hydrogen-bond acceptors (Lipinski definition) is 3. The molecule has 1 fully saturated rings. The van der Waals surface area contributed by atoms with Crippen LogP contribution in [0.4, 0.5) is 0 Å². The first kappa shape index (κ1) is 13.6. The number of aryl methyl sites for hydroxylation is 1. The normalized spacial score (nSPS) is 28.9. The van der Waals surface area contributed by atoms with Crippen molar-refractivity contribution in [3.63, 3.8) is 0 Å². The third-order valence-electron chi connectivity index (χ3n) is 4.83. The maximum atomic E-state index is 9.91. The Hall–Kier alpha value is -1.37. The second kappa shape index (κ2) is 5.95. The maximum Gasteiger partial charge on any atom is 0.0991 e. The Kier molecular flexibility index (Phi) is 4.05. The highest BCUT2D eigenvalue weighted by atomic mass is 16.3. The minimum Gasteiger partial charge on any atom is -0.393 e. The summed E-state index contributed by atoms with van der Waals surface area (Å²) in [5.41, 5.74) is 3.43. The van der Waals surface area contributed by atoms with Crippen LogP contribution in [-0.4, -0.2) is 17.8 Å². The molecule has 0 aromatic heterocycles. The molecule has 1 unspecified atom stereocenters. The number of rotatable bonds is 3. The molecule has 0 bridgehead atoms. The van der Waals surface area contributed by atoms with Gasteiger partial charge >= 0.3 is 0 Å². The van der Waals surface area contributed by atoms with E-state index in [1.807, 2.05) is 12.1 Å². The molecule has 1 aromatic carbocycles. The second-order valence-electron chi connectivity index (χ2n) is 6.14.